The van der Waals surface area contributed by atoms with Crippen molar-refractivity contribution in [1.82, 2.24) is 0 Å². The molecule has 1 aliphatic rings. The third-order valence-corrected chi connectivity index (χ3v) is 4.15. The second-order valence-electron chi connectivity index (χ2n) is 4.98. The minimum atomic E-state index is -0.327. The number of benzene rings is 1. The zero-order valence-corrected chi connectivity index (χ0v) is 10.7. The van der Waals surface area contributed by atoms with Crippen LogP contribution in [0, 0.1) is 11.7 Å². The first-order chi connectivity index (χ1) is 8.18. The van der Waals surface area contributed by atoms with Crippen molar-refractivity contribution >= 4 is 11.6 Å². The molecule has 17 heavy (non-hydrogen) atoms. The van der Waals surface area contributed by atoms with Gasteiger partial charge < -0.3 is 5.73 Å². The van der Waals surface area contributed by atoms with Crippen LogP contribution in [-0.2, 0) is 6.42 Å². The highest BCUT2D eigenvalue weighted by Crippen LogP contribution is 2.29. The lowest BCUT2D eigenvalue weighted by molar-refractivity contribution is 0.395. The lowest BCUT2D eigenvalue weighted by Crippen LogP contribution is -2.30. The molecule has 94 valence electrons. The second kappa shape index (κ2) is 5.83. The summed E-state index contributed by atoms with van der Waals surface area (Å²) in [5.74, 6) is 0.114. The third kappa shape index (κ3) is 3.20. The van der Waals surface area contributed by atoms with E-state index < -0.39 is 0 Å². The molecular formula is C14H19ClFN. The fraction of sp³-hybridized carbons (Fsp3) is 0.571. The van der Waals surface area contributed by atoms with E-state index in [4.69, 9.17) is 17.3 Å². The second-order valence-corrected chi connectivity index (χ2v) is 5.36. The Bertz CT molecular complexity index is 380. The van der Waals surface area contributed by atoms with Gasteiger partial charge in [-0.15, -0.1) is 0 Å². The van der Waals surface area contributed by atoms with Gasteiger partial charge in [-0.25, -0.2) is 4.39 Å². The van der Waals surface area contributed by atoms with E-state index in [0.29, 0.717) is 5.92 Å². The SMILES string of the molecule is NC1CCCCCC1Cc1cccc(F)c1Cl. The third-order valence-electron chi connectivity index (χ3n) is 3.73. The molecule has 0 aromatic heterocycles. The van der Waals surface area contributed by atoms with E-state index in [0.717, 1.165) is 24.8 Å². The van der Waals surface area contributed by atoms with Crippen molar-refractivity contribution in [3.05, 3.63) is 34.6 Å². The van der Waals surface area contributed by atoms with Gasteiger partial charge in [-0.2, -0.15) is 0 Å². The molecule has 2 N–H and O–H groups in total. The van der Waals surface area contributed by atoms with Gasteiger partial charge >= 0.3 is 0 Å². The van der Waals surface area contributed by atoms with Gasteiger partial charge in [-0.1, -0.05) is 43.0 Å². The molecule has 0 amide bonds. The van der Waals surface area contributed by atoms with E-state index in [9.17, 15) is 4.39 Å². The number of rotatable bonds is 2. The standard InChI is InChI=1S/C14H19ClFN/c15-14-11(6-4-7-12(14)16)9-10-5-2-1-3-8-13(10)17/h4,6-7,10,13H,1-3,5,8-9,17H2. The molecular weight excluding hydrogens is 237 g/mol. The van der Waals surface area contributed by atoms with Crippen molar-refractivity contribution in [2.75, 3.05) is 0 Å². The van der Waals surface area contributed by atoms with Crippen molar-refractivity contribution in [1.29, 1.82) is 0 Å². The predicted octanol–water partition coefficient (Wildman–Crippen LogP) is 3.93. The van der Waals surface area contributed by atoms with Gasteiger partial charge in [0.1, 0.15) is 5.82 Å². The van der Waals surface area contributed by atoms with Crippen LogP contribution in [0.5, 0.6) is 0 Å². The van der Waals surface area contributed by atoms with Crippen molar-refractivity contribution < 1.29 is 4.39 Å². The van der Waals surface area contributed by atoms with Crippen molar-refractivity contribution in [2.45, 2.75) is 44.6 Å². The summed E-state index contributed by atoms with van der Waals surface area (Å²) < 4.78 is 13.3. The maximum absolute atomic E-state index is 13.3. The first kappa shape index (κ1) is 12.8. The molecule has 2 atom stereocenters. The van der Waals surface area contributed by atoms with Crippen LogP contribution < -0.4 is 5.73 Å². The summed E-state index contributed by atoms with van der Waals surface area (Å²) >= 11 is 5.99. The lowest BCUT2D eigenvalue weighted by atomic mass is 9.89. The zero-order chi connectivity index (χ0) is 12.3. The molecule has 0 radical (unpaired) electrons. The van der Waals surface area contributed by atoms with Crippen LogP contribution in [0.3, 0.4) is 0 Å². The molecule has 3 heteroatoms. The molecule has 2 rings (SSSR count). The quantitative estimate of drug-likeness (QED) is 0.797. The summed E-state index contributed by atoms with van der Waals surface area (Å²) in [5.41, 5.74) is 7.08. The monoisotopic (exact) mass is 255 g/mol. The van der Waals surface area contributed by atoms with Gasteiger partial charge in [0.15, 0.2) is 0 Å². The Morgan fingerprint density at radius 2 is 2.00 bits per heavy atom. The molecule has 0 spiro atoms. The van der Waals surface area contributed by atoms with E-state index >= 15 is 0 Å². The molecule has 1 nitrogen and oxygen atoms in total. The Kier molecular flexibility index (Phi) is 4.41. The van der Waals surface area contributed by atoms with Crippen LogP contribution in [-0.4, -0.2) is 6.04 Å². The maximum Gasteiger partial charge on any atom is 0.142 e. The summed E-state index contributed by atoms with van der Waals surface area (Å²) in [4.78, 5) is 0. The van der Waals surface area contributed by atoms with Crippen LogP contribution in [0.2, 0.25) is 5.02 Å². The molecule has 2 unspecified atom stereocenters. The fourth-order valence-corrected chi connectivity index (χ4v) is 2.86. The van der Waals surface area contributed by atoms with Gasteiger partial charge in [-0.05, 0) is 36.8 Å². The highest BCUT2D eigenvalue weighted by atomic mass is 35.5. The Hall–Kier alpha value is -0.600. The molecule has 1 aliphatic carbocycles. The minimum Gasteiger partial charge on any atom is -0.327 e. The van der Waals surface area contributed by atoms with E-state index in [-0.39, 0.29) is 16.9 Å². The largest absolute Gasteiger partial charge is 0.327 e. The summed E-state index contributed by atoms with van der Waals surface area (Å²) in [6.07, 6.45) is 6.73. The average molecular weight is 256 g/mol. The summed E-state index contributed by atoms with van der Waals surface area (Å²) in [5, 5.41) is 0.268. The van der Waals surface area contributed by atoms with E-state index in [2.05, 4.69) is 0 Å². The van der Waals surface area contributed by atoms with Gasteiger partial charge in [0.25, 0.3) is 0 Å². The average Bonchev–Trinajstić information content (AvgIpc) is 2.51. The highest BCUT2D eigenvalue weighted by Gasteiger charge is 2.21. The minimum absolute atomic E-state index is 0.233. The number of hydrogen-bond donors (Lipinski definition) is 1. The van der Waals surface area contributed by atoms with E-state index in [1.54, 1.807) is 6.07 Å². The normalized spacial score (nSPS) is 25.6. The van der Waals surface area contributed by atoms with Crippen molar-refractivity contribution in [2.24, 2.45) is 11.7 Å². The van der Waals surface area contributed by atoms with Gasteiger partial charge in [0, 0.05) is 6.04 Å². The smallest absolute Gasteiger partial charge is 0.142 e. The topological polar surface area (TPSA) is 26.0 Å². The molecule has 0 aliphatic heterocycles. The number of nitrogens with two attached hydrogens (primary N) is 1. The van der Waals surface area contributed by atoms with Crippen LogP contribution in [0.4, 0.5) is 4.39 Å². The van der Waals surface area contributed by atoms with Crippen molar-refractivity contribution in [3.8, 4) is 0 Å². The van der Waals surface area contributed by atoms with Gasteiger partial charge in [-0.3, -0.25) is 0 Å². The molecule has 1 saturated carbocycles. The fourth-order valence-electron chi connectivity index (χ4n) is 2.66. The zero-order valence-electron chi connectivity index (χ0n) is 9.96. The molecule has 1 fully saturated rings. The predicted molar refractivity (Wildman–Crippen MR) is 69.7 cm³/mol. The maximum atomic E-state index is 13.3. The lowest BCUT2D eigenvalue weighted by Gasteiger charge is -2.21. The summed E-state index contributed by atoms with van der Waals surface area (Å²) in [7, 11) is 0. The Morgan fingerprint density at radius 3 is 2.82 bits per heavy atom. The van der Waals surface area contributed by atoms with Gasteiger partial charge in [0.05, 0.1) is 5.02 Å². The first-order valence-corrected chi connectivity index (χ1v) is 6.74. The molecule has 0 heterocycles. The van der Waals surface area contributed by atoms with Crippen molar-refractivity contribution in [3.63, 3.8) is 0 Å². The van der Waals surface area contributed by atoms with Crippen LogP contribution in [0.25, 0.3) is 0 Å². The number of hydrogen-bond acceptors (Lipinski definition) is 1. The number of halogens is 2. The van der Waals surface area contributed by atoms with Crippen LogP contribution >= 0.6 is 11.6 Å². The highest BCUT2D eigenvalue weighted by molar-refractivity contribution is 6.31. The molecule has 1 aromatic carbocycles. The van der Waals surface area contributed by atoms with E-state index in [1.807, 2.05) is 6.07 Å². The summed E-state index contributed by atoms with van der Waals surface area (Å²) in [6, 6.07) is 5.26. The Balaban J connectivity index is 2.10. The molecule has 1 aromatic rings. The van der Waals surface area contributed by atoms with Gasteiger partial charge in [0.2, 0.25) is 0 Å². The van der Waals surface area contributed by atoms with E-state index in [1.165, 1.54) is 25.3 Å². The molecule has 0 saturated heterocycles. The van der Waals surface area contributed by atoms with Crippen LogP contribution in [0.15, 0.2) is 18.2 Å². The Labute approximate surface area is 107 Å². The van der Waals surface area contributed by atoms with Crippen LogP contribution in [0.1, 0.15) is 37.7 Å². The molecule has 0 bridgehead atoms. The summed E-state index contributed by atoms with van der Waals surface area (Å²) in [6.45, 7) is 0. The Morgan fingerprint density at radius 1 is 1.24 bits per heavy atom. The first-order valence-electron chi connectivity index (χ1n) is 6.37.